The average molecular weight is 437 g/mol. The first kappa shape index (κ1) is 20.9. The summed E-state index contributed by atoms with van der Waals surface area (Å²) in [6, 6.07) is 20.7. The Labute approximate surface area is 182 Å². The highest BCUT2D eigenvalue weighted by Gasteiger charge is 2.30. The summed E-state index contributed by atoms with van der Waals surface area (Å²) in [6.45, 7) is 3.09. The number of hydrogen-bond donors (Lipinski definition) is 1. The lowest BCUT2D eigenvalue weighted by molar-refractivity contribution is 0.102. The van der Waals surface area contributed by atoms with Gasteiger partial charge in [0.25, 0.3) is 15.9 Å². The van der Waals surface area contributed by atoms with Gasteiger partial charge in [0.2, 0.25) is 0 Å². The number of fused-ring (bicyclic) bond motifs is 1. The number of anilines is 2. The van der Waals surface area contributed by atoms with E-state index in [4.69, 9.17) is 4.74 Å². The molecule has 0 atom stereocenters. The number of carbonyl (C=O) groups excluding carboxylic acids is 1. The molecular formula is C24H24N2O4S. The molecule has 7 heteroatoms. The van der Waals surface area contributed by atoms with E-state index < -0.39 is 10.0 Å². The highest BCUT2D eigenvalue weighted by atomic mass is 32.2. The molecule has 3 aromatic rings. The van der Waals surface area contributed by atoms with Gasteiger partial charge in [-0.05, 0) is 73.0 Å². The predicted octanol–water partition coefficient (Wildman–Crippen LogP) is 4.48. The second kappa shape index (κ2) is 8.81. The topological polar surface area (TPSA) is 75.7 Å². The molecule has 0 spiro atoms. The number of ether oxygens (including phenoxy) is 1. The van der Waals surface area contributed by atoms with Crippen molar-refractivity contribution in [1.82, 2.24) is 0 Å². The Morgan fingerprint density at radius 3 is 2.42 bits per heavy atom. The molecule has 1 amide bonds. The predicted molar refractivity (Wildman–Crippen MR) is 121 cm³/mol. The number of rotatable bonds is 7. The van der Waals surface area contributed by atoms with Crippen molar-refractivity contribution in [2.24, 2.45) is 0 Å². The van der Waals surface area contributed by atoms with Crippen LogP contribution in [0.5, 0.6) is 5.75 Å². The summed E-state index contributed by atoms with van der Waals surface area (Å²) in [5.74, 6) is 0.447. The number of carbonyl (C=O) groups is 1. The van der Waals surface area contributed by atoms with Crippen LogP contribution in [-0.4, -0.2) is 27.5 Å². The van der Waals surface area contributed by atoms with E-state index in [0.717, 1.165) is 23.4 Å². The summed E-state index contributed by atoms with van der Waals surface area (Å²) in [5, 5.41) is 2.80. The van der Waals surface area contributed by atoms with Gasteiger partial charge in [0.15, 0.2) is 0 Å². The quantitative estimate of drug-likeness (QED) is 0.593. The van der Waals surface area contributed by atoms with Crippen molar-refractivity contribution in [3.8, 4) is 5.75 Å². The third-order valence-corrected chi connectivity index (χ3v) is 6.96. The van der Waals surface area contributed by atoms with Crippen molar-refractivity contribution in [2.75, 3.05) is 22.8 Å². The molecule has 0 unspecified atom stereocenters. The molecule has 0 fully saturated rings. The Balaban J connectivity index is 1.45. The lowest BCUT2D eigenvalue weighted by Crippen LogP contribution is -2.29. The molecule has 3 aromatic carbocycles. The van der Waals surface area contributed by atoms with Gasteiger partial charge in [-0.25, -0.2) is 8.42 Å². The van der Waals surface area contributed by atoms with E-state index in [2.05, 4.69) is 5.32 Å². The molecule has 4 rings (SSSR count). The number of sulfonamides is 1. The van der Waals surface area contributed by atoms with E-state index in [-0.39, 0.29) is 10.8 Å². The highest BCUT2D eigenvalue weighted by molar-refractivity contribution is 7.92. The SMILES string of the molecule is CCCOc1ccc(C(=O)Nc2ccc(S(=O)(=O)N3CCc4ccccc43)cc2)cc1. The third-order valence-electron chi connectivity index (χ3n) is 5.13. The van der Waals surface area contributed by atoms with Crippen LogP contribution in [0.15, 0.2) is 77.7 Å². The Kier molecular flexibility index (Phi) is 5.95. The summed E-state index contributed by atoms with van der Waals surface area (Å²) in [4.78, 5) is 12.7. The van der Waals surface area contributed by atoms with E-state index >= 15 is 0 Å². The Morgan fingerprint density at radius 2 is 1.71 bits per heavy atom. The van der Waals surface area contributed by atoms with Crippen molar-refractivity contribution in [2.45, 2.75) is 24.7 Å². The number of nitrogens with one attached hydrogen (secondary N) is 1. The number of benzene rings is 3. The van der Waals surface area contributed by atoms with Crippen molar-refractivity contribution in [3.63, 3.8) is 0 Å². The van der Waals surface area contributed by atoms with Gasteiger partial charge >= 0.3 is 0 Å². The number of hydrogen-bond acceptors (Lipinski definition) is 4. The van der Waals surface area contributed by atoms with E-state index in [9.17, 15) is 13.2 Å². The van der Waals surface area contributed by atoms with Crippen LogP contribution in [-0.2, 0) is 16.4 Å². The molecule has 31 heavy (non-hydrogen) atoms. The minimum Gasteiger partial charge on any atom is -0.494 e. The second-order valence-electron chi connectivity index (χ2n) is 7.31. The van der Waals surface area contributed by atoms with Crippen molar-refractivity contribution >= 4 is 27.3 Å². The fourth-order valence-corrected chi connectivity index (χ4v) is 5.02. The monoisotopic (exact) mass is 436 g/mol. The highest BCUT2D eigenvalue weighted by Crippen LogP contribution is 2.32. The lowest BCUT2D eigenvalue weighted by atomic mass is 10.2. The largest absolute Gasteiger partial charge is 0.494 e. The van der Waals surface area contributed by atoms with Gasteiger partial charge in [0, 0.05) is 17.8 Å². The number of nitrogens with zero attached hydrogens (tertiary/aromatic N) is 1. The zero-order chi connectivity index (χ0) is 21.8. The minimum atomic E-state index is -3.66. The van der Waals surface area contributed by atoms with Crippen LogP contribution in [0.3, 0.4) is 0 Å². The minimum absolute atomic E-state index is 0.194. The van der Waals surface area contributed by atoms with Gasteiger partial charge in [0.05, 0.1) is 17.2 Å². The summed E-state index contributed by atoms with van der Waals surface area (Å²) >= 11 is 0. The molecule has 0 bridgehead atoms. The molecule has 1 aliphatic heterocycles. The molecule has 1 N–H and O–H groups in total. The summed E-state index contributed by atoms with van der Waals surface area (Å²) in [7, 11) is -3.66. The molecule has 0 saturated heterocycles. The van der Waals surface area contributed by atoms with Gasteiger partial charge in [0.1, 0.15) is 5.75 Å². The summed E-state index contributed by atoms with van der Waals surface area (Å²) in [6.07, 6.45) is 1.62. The lowest BCUT2D eigenvalue weighted by Gasteiger charge is -2.19. The van der Waals surface area contributed by atoms with Crippen molar-refractivity contribution in [1.29, 1.82) is 0 Å². The van der Waals surface area contributed by atoms with Crippen LogP contribution in [0.4, 0.5) is 11.4 Å². The summed E-state index contributed by atoms with van der Waals surface area (Å²) < 4.78 is 33.1. The molecule has 1 heterocycles. The van der Waals surface area contributed by atoms with E-state index in [0.29, 0.717) is 30.8 Å². The third kappa shape index (κ3) is 4.41. The molecule has 1 aliphatic rings. The van der Waals surface area contributed by atoms with Crippen LogP contribution in [0.25, 0.3) is 0 Å². The first-order valence-corrected chi connectivity index (χ1v) is 11.7. The van der Waals surface area contributed by atoms with Crippen molar-refractivity contribution in [3.05, 3.63) is 83.9 Å². The van der Waals surface area contributed by atoms with Crippen LogP contribution in [0, 0.1) is 0 Å². The van der Waals surface area contributed by atoms with Crippen LogP contribution >= 0.6 is 0 Å². The Morgan fingerprint density at radius 1 is 1.00 bits per heavy atom. The first-order chi connectivity index (χ1) is 15.0. The average Bonchev–Trinajstić information content (AvgIpc) is 3.23. The normalized spacial score (nSPS) is 13.0. The molecule has 0 radical (unpaired) electrons. The number of amides is 1. The van der Waals surface area contributed by atoms with Gasteiger partial charge in [-0.2, -0.15) is 0 Å². The maximum atomic E-state index is 13.1. The first-order valence-electron chi connectivity index (χ1n) is 10.2. The smallest absolute Gasteiger partial charge is 0.264 e. The van der Waals surface area contributed by atoms with E-state index in [1.165, 1.54) is 16.4 Å². The molecule has 160 valence electrons. The second-order valence-corrected chi connectivity index (χ2v) is 9.17. The van der Waals surface area contributed by atoms with E-state index in [1.54, 1.807) is 36.4 Å². The van der Waals surface area contributed by atoms with Gasteiger partial charge in [-0.1, -0.05) is 25.1 Å². The fraction of sp³-hybridized carbons (Fsp3) is 0.208. The number of para-hydroxylation sites is 1. The maximum absolute atomic E-state index is 13.1. The van der Waals surface area contributed by atoms with Gasteiger partial charge < -0.3 is 10.1 Å². The fourth-order valence-electron chi connectivity index (χ4n) is 3.52. The zero-order valence-corrected chi connectivity index (χ0v) is 18.1. The van der Waals surface area contributed by atoms with Gasteiger partial charge in [-0.3, -0.25) is 9.10 Å². The van der Waals surface area contributed by atoms with E-state index in [1.807, 2.05) is 31.2 Å². The molecule has 0 saturated carbocycles. The molecular weight excluding hydrogens is 412 g/mol. The van der Waals surface area contributed by atoms with Crippen molar-refractivity contribution < 1.29 is 17.9 Å². The zero-order valence-electron chi connectivity index (χ0n) is 17.2. The Hall–Kier alpha value is -3.32. The summed E-state index contributed by atoms with van der Waals surface area (Å²) in [5.41, 5.74) is 2.78. The van der Waals surface area contributed by atoms with Crippen LogP contribution in [0.2, 0.25) is 0 Å². The molecule has 0 aromatic heterocycles. The Bertz CT molecular complexity index is 1170. The molecule has 6 nitrogen and oxygen atoms in total. The molecule has 0 aliphatic carbocycles. The maximum Gasteiger partial charge on any atom is 0.264 e. The van der Waals surface area contributed by atoms with Crippen LogP contribution in [0.1, 0.15) is 29.3 Å². The standard InChI is InChI=1S/C24H24N2O4S/c1-2-17-30-21-11-7-19(8-12-21)24(27)25-20-9-13-22(14-10-20)31(28,29)26-16-15-18-5-3-4-6-23(18)26/h3-14H,2,15-17H2,1H3,(H,25,27). The van der Waals surface area contributed by atoms with Crippen LogP contribution < -0.4 is 14.4 Å². The van der Waals surface area contributed by atoms with Gasteiger partial charge in [-0.15, -0.1) is 0 Å².